The molecule has 0 atom stereocenters. The maximum Gasteiger partial charge on any atom is 0.293 e. The zero-order valence-electron chi connectivity index (χ0n) is 15.8. The van der Waals surface area contributed by atoms with Gasteiger partial charge in [0.15, 0.2) is 10.9 Å². The Bertz CT molecular complexity index is 1070. The molecule has 0 saturated heterocycles. The first kappa shape index (κ1) is 19.4. The highest BCUT2D eigenvalue weighted by molar-refractivity contribution is 7.14. The molecule has 2 aromatic heterocycles. The summed E-state index contributed by atoms with van der Waals surface area (Å²) in [5.41, 5.74) is 5.16. The van der Waals surface area contributed by atoms with E-state index < -0.39 is 0 Å². The van der Waals surface area contributed by atoms with Crippen molar-refractivity contribution in [1.82, 2.24) is 10.4 Å². The van der Waals surface area contributed by atoms with Gasteiger partial charge in [0.05, 0.1) is 29.8 Å². The van der Waals surface area contributed by atoms with E-state index in [1.165, 1.54) is 17.6 Å². The molecule has 0 fully saturated rings. The van der Waals surface area contributed by atoms with Crippen LogP contribution in [0.2, 0.25) is 0 Å². The summed E-state index contributed by atoms with van der Waals surface area (Å²) in [7, 11) is 0. The third-order valence-corrected chi connectivity index (χ3v) is 4.93. The number of aromatic nitrogens is 1. The number of hydrazine groups is 1. The molecule has 0 radical (unpaired) electrons. The Hall–Kier alpha value is -3.91. The molecule has 30 heavy (non-hydrogen) atoms. The Morgan fingerprint density at radius 3 is 2.20 bits per heavy atom. The van der Waals surface area contributed by atoms with Gasteiger partial charge in [-0.15, -0.1) is 11.3 Å². The average Bonchev–Trinajstić information content (AvgIpc) is 3.46. The molecule has 0 aliphatic carbocycles. The second-order valence-corrected chi connectivity index (χ2v) is 7.15. The van der Waals surface area contributed by atoms with Crippen LogP contribution in [-0.2, 0) is 11.2 Å². The molecule has 0 aliphatic heterocycles. The van der Waals surface area contributed by atoms with Gasteiger partial charge >= 0.3 is 0 Å². The maximum absolute atomic E-state index is 12.7. The van der Waals surface area contributed by atoms with E-state index in [-0.39, 0.29) is 24.0 Å². The Balaban J connectivity index is 1.43. The van der Waals surface area contributed by atoms with Gasteiger partial charge in [0.2, 0.25) is 5.91 Å². The van der Waals surface area contributed by atoms with Crippen molar-refractivity contribution in [3.8, 4) is 0 Å². The molecule has 4 aromatic rings. The fraction of sp³-hybridized carbons (Fsp3) is 0.0455. The highest BCUT2D eigenvalue weighted by Gasteiger charge is 2.16. The summed E-state index contributed by atoms with van der Waals surface area (Å²) in [6.45, 7) is 0. The number of carbonyl (C=O) groups is 2. The fourth-order valence-electron chi connectivity index (χ4n) is 2.77. The summed E-state index contributed by atoms with van der Waals surface area (Å²) in [4.78, 5) is 29.1. The van der Waals surface area contributed by atoms with Crippen molar-refractivity contribution in [3.63, 3.8) is 0 Å². The van der Waals surface area contributed by atoms with Gasteiger partial charge in [0.1, 0.15) is 0 Å². The number of furan rings is 1. The van der Waals surface area contributed by atoms with Crippen LogP contribution < -0.4 is 15.8 Å². The fourth-order valence-corrected chi connectivity index (χ4v) is 3.48. The minimum Gasteiger partial charge on any atom is -0.459 e. The van der Waals surface area contributed by atoms with Crippen LogP contribution in [0.4, 0.5) is 16.5 Å². The Labute approximate surface area is 177 Å². The number of rotatable bonds is 7. The van der Waals surface area contributed by atoms with E-state index in [4.69, 9.17) is 4.42 Å². The summed E-state index contributed by atoms with van der Waals surface area (Å²) in [6.07, 6.45) is 1.50. The van der Waals surface area contributed by atoms with Gasteiger partial charge in [0.25, 0.3) is 5.91 Å². The molecule has 2 amide bonds. The minimum atomic E-state index is -0.385. The largest absolute Gasteiger partial charge is 0.459 e. The first-order valence-corrected chi connectivity index (χ1v) is 10.1. The van der Waals surface area contributed by atoms with Gasteiger partial charge in [-0.3, -0.25) is 25.3 Å². The standard InChI is InChI=1S/C22H18N4O3S/c27-20(14-16-15-30-22(23-16)24-21(28)19-12-7-13-29-19)25-26(17-8-3-1-4-9-17)18-10-5-2-6-11-18/h1-13,15H,14H2,(H,25,27)(H,23,24,28). The smallest absolute Gasteiger partial charge is 0.293 e. The monoisotopic (exact) mass is 418 g/mol. The van der Waals surface area contributed by atoms with E-state index in [0.29, 0.717) is 10.8 Å². The Kier molecular flexibility index (Phi) is 5.86. The van der Waals surface area contributed by atoms with Gasteiger partial charge in [-0.05, 0) is 36.4 Å². The molecule has 2 aromatic carbocycles. The van der Waals surface area contributed by atoms with Crippen molar-refractivity contribution in [2.75, 3.05) is 10.3 Å². The highest BCUT2D eigenvalue weighted by atomic mass is 32.1. The first-order chi connectivity index (χ1) is 14.7. The molecule has 0 spiro atoms. The number of carbonyl (C=O) groups excluding carboxylic acids is 2. The Morgan fingerprint density at radius 1 is 0.933 bits per heavy atom. The SMILES string of the molecule is O=C(Cc1csc(NC(=O)c2ccco2)n1)NN(c1ccccc1)c1ccccc1. The van der Waals surface area contributed by atoms with Crippen molar-refractivity contribution in [1.29, 1.82) is 0 Å². The zero-order valence-corrected chi connectivity index (χ0v) is 16.6. The van der Waals surface area contributed by atoms with E-state index in [1.54, 1.807) is 22.5 Å². The number of nitrogens with zero attached hydrogens (tertiary/aromatic N) is 2. The van der Waals surface area contributed by atoms with Crippen molar-refractivity contribution < 1.29 is 14.0 Å². The number of hydrogen-bond acceptors (Lipinski definition) is 6. The van der Waals surface area contributed by atoms with Crippen LogP contribution in [0.15, 0.2) is 88.9 Å². The van der Waals surface area contributed by atoms with Gasteiger partial charge < -0.3 is 4.42 Å². The second kappa shape index (κ2) is 9.06. The number of para-hydroxylation sites is 2. The summed E-state index contributed by atoms with van der Waals surface area (Å²) >= 11 is 1.25. The van der Waals surface area contributed by atoms with Crippen LogP contribution in [-0.4, -0.2) is 16.8 Å². The summed E-state index contributed by atoms with van der Waals surface area (Å²) in [5.74, 6) is -0.410. The first-order valence-electron chi connectivity index (χ1n) is 9.18. The summed E-state index contributed by atoms with van der Waals surface area (Å²) in [5, 5.41) is 6.54. The predicted molar refractivity (Wildman–Crippen MR) is 116 cm³/mol. The van der Waals surface area contributed by atoms with Crippen molar-refractivity contribution >= 4 is 39.7 Å². The van der Waals surface area contributed by atoms with Crippen LogP contribution in [0.5, 0.6) is 0 Å². The lowest BCUT2D eigenvalue weighted by Crippen LogP contribution is -2.39. The Morgan fingerprint density at radius 2 is 1.60 bits per heavy atom. The molecular weight excluding hydrogens is 400 g/mol. The molecular formula is C22H18N4O3S. The number of thiazole rings is 1. The lowest BCUT2D eigenvalue weighted by atomic mass is 10.2. The third kappa shape index (κ3) is 4.73. The molecule has 0 aliphatic rings. The van der Waals surface area contributed by atoms with Gasteiger partial charge in [-0.2, -0.15) is 0 Å². The van der Waals surface area contributed by atoms with E-state index in [0.717, 1.165) is 11.4 Å². The topological polar surface area (TPSA) is 87.5 Å². The molecule has 0 saturated carbocycles. The molecule has 150 valence electrons. The number of amides is 2. The average molecular weight is 418 g/mol. The number of anilines is 3. The lowest BCUT2D eigenvalue weighted by molar-refractivity contribution is -0.120. The lowest BCUT2D eigenvalue weighted by Gasteiger charge is -2.25. The second-order valence-electron chi connectivity index (χ2n) is 6.29. The van der Waals surface area contributed by atoms with Crippen LogP contribution in [0.1, 0.15) is 16.2 Å². The van der Waals surface area contributed by atoms with Crippen molar-refractivity contribution in [2.24, 2.45) is 0 Å². The van der Waals surface area contributed by atoms with Crippen LogP contribution >= 0.6 is 11.3 Å². The highest BCUT2D eigenvalue weighted by Crippen LogP contribution is 2.23. The van der Waals surface area contributed by atoms with E-state index in [9.17, 15) is 9.59 Å². The molecule has 7 nitrogen and oxygen atoms in total. The molecule has 2 heterocycles. The van der Waals surface area contributed by atoms with Crippen molar-refractivity contribution in [3.05, 3.63) is 95.9 Å². The molecule has 2 N–H and O–H groups in total. The maximum atomic E-state index is 12.7. The molecule has 4 rings (SSSR count). The van der Waals surface area contributed by atoms with Crippen LogP contribution in [0, 0.1) is 0 Å². The summed E-state index contributed by atoms with van der Waals surface area (Å²) in [6, 6.07) is 22.3. The normalized spacial score (nSPS) is 10.4. The van der Waals surface area contributed by atoms with Gasteiger partial charge in [0, 0.05) is 5.38 Å². The van der Waals surface area contributed by atoms with Gasteiger partial charge in [-0.25, -0.2) is 4.98 Å². The zero-order chi connectivity index (χ0) is 20.8. The van der Waals surface area contributed by atoms with Crippen LogP contribution in [0.3, 0.4) is 0 Å². The minimum absolute atomic E-state index is 0.0727. The van der Waals surface area contributed by atoms with Crippen LogP contribution in [0.25, 0.3) is 0 Å². The molecule has 0 unspecified atom stereocenters. The third-order valence-electron chi connectivity index (χ3n) is 4.12. The van der Waals surface area contributed by atoms with E-state index in [2.05, 4.69) is 15.7 Å². The van der Waals surface area contributed by atoms with E-state index >= 15 is 0 Å². The quantitative estimate of drug-likeness (QED) is 0.434. The van der Waals surface area contributed by atoms with Gasteiger partial charge in [-0.1, -0.05) is 36.4 Å². The predicted octanol–water partition coefficient (Wildman–Crippen LogP) is 4.40. The van der Waals surface area contributed by atoms with Crippen molar-refractivity contribution in [2.45, 2.75) is 6.42 Å². The number of hydrogen-bond donors (Lipinski definition) is 2. The molecule has 8 heteroatoms. The van der Waals surface area contributed by atoms with E-state index in [1.807, 2.05) is 60.7 Å². The number of nitrogens with one attached hydrogen (secondary N) is 2. The number of benzene rings is 2. The summed E-state index contributed by atoms with van der Waals surface area (Å²) < 4.78 is 5.06. The molecule has 0 bridgehead atoms.